The summed E-state index contributed by atoms with van der Waals surface area (Å²) in [7, 11) is 1.65. The highest BCUT2D eigenvalue weighted by molar-refractivity contribution is 8.26. The molecule has 1 aliphatic rings. The van der Waals surface area contributed by atoms with Crippen LogP contribution < -0.4 is 9.47 Å². The normalized spacial score (nSPS) is 15.2. The number of likely N-dealkylation sites (N-methyl/N-ethyl adjacent to an activating group) is 1. The number of amides is 1. The SMILES string of the molecule is CCOc1cc(/C=C2/SC(=S)N(C)C2=O)ccc1OC(=O)c1oc2ccccc2c1C. The molecule has 0 spiro atoms. The van der Waals surface area contributed by atoms with Gasteiger partial charge in [0, 0.05) is 18.0 Å². The number of aryl methyl sites for hydroxylation is 1. The van der Waals surface area contributed by atoms with Gasteiger partial charge in [-0.25, -0.2) is 4.79 Å². The number of para-hydroxylation sites is 1. The molecular formula is C23H19NO5S2. The van der Waals surface area contributed by atoms with E-state index in [0.717, 1.165) is 16.5 Å². The molecule has 158 valence electrons. The first kappa shape index (κ1) is 21.1. The molecule has 0 saturated carbocycles. The van der Waals surface area contributed by atoms with Crippen molar-refractivity contribution in [3.63, 3.8) is 0 Å². The molecule has 1 aliphatic heterocycles. The number of carbonyl (C=O) groups is 2. The summed E-state index contributed by atoms with van der Waals surface area (Å²) < 4.78 is 17.5. The molecule has 2 aromatic carbocycles. The van der Waals surface area contributed by atoms with Crippen molar-refractivity contribution in [3.8, 4) is 11.5 Å². The predicted octanol–water partition coefficient (Wildman–Crippen LogP) is 5.19. The monoisotopic (exact) mass is 453 g/mol. The van der Waals surface area contributed by atoms with E-state index in [4.69, 9.17) is 26.1 Å². The van der Waals surface area contributed by atoms with E-state index >= 15 is 0 Å². The van der Waals surface area contributed by atoms with E-state index in [-0.39, 0.29) is 17.4 Å². The summed E-state index contributed by atoms with van der Waals surface area (Å²) in [5, 5.41) is 0.864. The average Bonchev–Trinajstić information content (AvgIpc) is 3.22. The van der Waals surface area contributed by atoms with Gasteiger partial charge in [-0.3, -0.25) is 9.69 Å². The van der Waals surface area contributed by atoms with Gasteiger partial charge in [0.15, 0.2) is 11.5 Å². The third-order valence-electron chi connectivity index (χ3n) is 4.78. The Morgan fingerprint density at radius 2 is 2.00 bits per heavy atom. The van der Waals surface area contributed by atoms with E-state index in [0.29, 0.717) is 27.2 Å². The zero-order chi connectivity index (χ0) is 22.1. The van der Waals surface area contributed by atoms with Crippen LogP contribution in [0.2, 0.25) is 0 Å². The summed E-state index contributed by atoms with van der Waals surface area (Å²) in [4.78, 5) is 27.0. The van der Waals surface area contributed by atoms with E-state index in [9.17, 15) is 9.59 Å². The van der Waals surface area contributed by atoms with E-state index in [1.807, 2.05) is 32.0 Å². The zero-order valence-corrected chi connectivity index (χ0v) is 18.8. The van der Waals surface area contributed by atoms with E-state index in [2.05, 4.69) is 0 Å². The predicted molar refractivity (Wildman–Crippen MR) is 124 cm³/mol. The Morgan fingerprint density at radius 3 is 2.68 bits per heavy atom. The van der Waals surface area contributed by atoms with E-state index in [1.165, 1.54) is 16.7 Å². The van der Waals surface area contributed by atoms with Gasteiger partial charge in [0.2, 0.25) is 5.76 Å². The largest absolute Gasteiger partial charge is 0.490 e. The molecule has 1 fully saturated rings. The fraction of sp³-hybridized carbons (Fsp3) is 0.174. The van der Waals surface area contributed by atoms with Gasteiger partial charge >= 0.3 is 5.97 Å². The van der Waals surface area contributed by atoms with Crippen molar-refractivity contribution in [2.75, 3.05) is 13.7 Å². The molecule has 0 atom stereocenters. The maximum absolute atomic E-state index is 12.8. The van der Waals surface area contributed by atoms with Gasteiger partial charge < -0.3 is 13.9 Å². The lowest BCUT2D eigenvalue weighted by Crippen LogP contribution is -2.22. The Hall–Kier alpha value is -3.10. The Balaban J connectivity index is 1.62. The van der Waals surface area contributed by atoms with Crippen molar-refractivity contribution >= 4 is 57.2 Å². The minimum atomic E-state index is -0.603. The van der Waals surface area contributed by atoms with Crippen LogP contribution in [0.4, 0.5) is 0 Å². The van der Waals surface area contributed by atoms with Crippen LogP contribution in [-0.4, -0.2) is 34.8 Å². The fourth-order valence-corrected chi connectivity index (χ4v) is 4.36. The standard InChI is InChI=1S/C23H19NO5S2/c1-4-27-18-11-14(12-19-21(25)24(3)23(30)31-19)9-10-17(18)29-22(26)20-13(2)15-7-5-6-8-16(15)28-20/h5-12H,4H2,1-3H3/b19-12+. The van der Waals surface area contributed by atoms with Crippen LogP contribution in [0.5, 0.6) is 11.5 Å². The number of hydrogen-bond acceptors (Lipinski definition) is 7. The van der Waals surface area contributed by atoms with Crippen molar-refractivity contribution in [1.82, 2.24) is 4.90 Å². The van der Waals surface area contributed by atoms with Crippen LogP contribution in [0.1, 0.15) is 28.6 Å². The van der Waals surface area contributed by atoms with Crippen molar-refractivity contribution in [1.29, 1.82) is 0 Å². The maximum Gasteiger partial charge on any atom is 0.380 e. The second-order valence-corrected chi connectivity index (χ2v) is 8.50. The lowest BCUT2D eigenvalue weighted by atomic mass is 10.1. The number of esters is 1. The van der Waals surface area contributed by atoms with E-state index < -0.39 is 5.97 Å². The molecule has 31 heavy (non-hydrogen) atoms. The Morgan fingerprint density at radius 1 is 1.23 bits per heavy atom. The number of thioether (sulfide) groups is 1. The average molecular weight is 454 g/mol. The third kappa shape index (κ3) is 4.08. The molecule has 6 nitrogen and oxygen atoms in total. The van der Waals surface area contributed by atoms with Crippen LogP contribution in [0.15, 0.2) is 51.8 Å². The number of ether oxygens (including phenoxy) is 2. The number of thiocarbonyl (C=S) groups is 1. The molecule has 3 aromatic rings. The Bertz CT molecular complexity index is 1240. The van der Waals surface area contributed by atoms with Gasteiger partial charge in [-0.2, -0.15) is 0 Å². The number of carbonyl (C=O) groups excluding carboxylic acids is 2. The molecule has 4 rings (SSSR count). The van der Waals surface area contributed by atoms with Crippen molar-refractivity contribution < 1.29 is 23.5 Å². The van der Waals surface area contributed by atoms with Gasteiger partial charge in [0.05, 0.1) is 11.5 Å². The molecule has 0 N–H and O–H groups in total. The summed E-state index contributed by atoms with van der Waals surface area (Å²) in [5.41, 5.74) is 2.08. The molecule has 0 aliphatic carbocycles. The second kappa shape index (κ2) is 8.56. The Labute approximate surface area is 188 Å². The topological polar surface area (TPSA) is 69.0 Å². The van der Waals surface area contributed by atoms with Crippen LogP contribution in [0.25, 0.3) is 17.0 Å². The third-order valence-corrected chi connectivity index (χ3v) is 6.27. The number of furan rings is 1. The quantitative estimate of drug-likeness (QED) is 0.228. The minimum Gasteiger partial charge on any atom is -0.490 e. The lowest BCUT2D eigenvalue weighted by molar-refractivity contribution is -0.121. The number of benzene rings is 2. The van der Waals surface area contributed by atoms with Gasteiger partial charge in [0.1, 0.15) is 9.90 Å². The highest BCUT2D eigenvalue weighted by atomic mass is 32.2. The number of hydrogen-bond donors (Lipinski definition) is 0. The van der Waals surface area contributed by atoms with Crippen molar-refractivity contribution in [2.24, 2.45) is 0 Å². The molecule has 1 amide bonds. The molecule has 0 radical (unpaired) electrons. The minimum absolute atomic E-state index is 0.149. The van der Waals surface area contributed by atoms with Gasteiger partial charge in [0.25, 0.3) is 5.91 Å². The van der Waals surface area contributed by atoms with Crippen LogP contribution in [0.3, 0.4) is 0 Å². The van der Waals surface area contributed by atoms with E-state index in [1.54, 1.807) is 37.4 Å². The highest BCUT2D eigenvalue weighted by Gasteiger charge is 2.29. The van der Waals surface area contributed by atoms with Gasteiger partial charge in [-0.1, -0.05) is 48.2 Å². The number of nitrogens with zero attached hydrogens (tertiary/aromatic N) is 1. The molecule has 2 heterocycles. The number of fused-ring (bicyclic) bond motifs is 1. The first-order chi connectivity index (χ1) is 14.9. The molecule has 8 heteroatoms. The van der Waals surface area contributed by atoms with Gasteiger partial charge in [-0.05, 0) is 43.7 Å². The summed E-state index contributed by atoms with van der Waals surface area (Å²) in [5.74, 6) is 0.0645. The van der Waals surface area contributed by atoms with Crippen molar-refractivity contribution in [2.45, 2.75) is 13.8 Å². The number of rotatable bonds is 5. The first-order valence-electron chi connectivity index (χ1n) is 9.57. The Kier molecular flexibility index (Phi) is 5.84. The second-order valence-electron chi connectivity index (χ2n) is 6.82. The maximum atomic E-state index is 12.8. The first-order valence-corrected chi connectivity index (χ1v) is 10.8. The highest BCUT2D eigenvalue weighted by Crippen LogP contribution is 2.35. The van der Waals surface area contributed by atoms with Gasteiger partial charge in [-0.15, -0.1) is 0 Å². The molecule has 0 unspecified atom stereocenters. The summed E-state index contributed by atoms with van der Waals surface area (Å²) in [6.07, 6.45) is 1.74. The van der Waals surface area contributed by atoms with Crippen molar-refractivity contribution in [3.05, 3.63) is 64.3 Å². The molecule has 0 bridgehead atoms. The van der Waals surface area contributed by atoms with Crippen LogP contribution in [0, 0.1) is 6.92 Å². The van der Waals surface area contributed by atoms with Crippen LogP contribution in [-0.2, 0) is 4.79 Å². The molecular weight excluding hydrogens is 434 g/mol. The van der Waals surface area contributed by atoms with Crippen LogP contribution >= 0.6 is 24.0 Å². The summed E-state index contributed by atoms with van der Waals surface area (Å²) >= 11 is 6.41. The smallest absolute Gasteiger partial charge is 0.380 e. The summed E-state index contributed by atoms with van der Waals surface area (Å²) in [6, 6.07) is 12.5. The fourth-order valence-electron chi connectivity index (χ4n) is 3.18. The molecule has 1 aromatic heterocycles. The molecule has 1 saturated heterocycles. The lowest BCUT2D eigenvalue weighted by Gasteiger charge is -2.11. The summed E-state index contributed by atoms with van der Waals surface area (Å²) in [6.45, 7) is 4.04. The zero-order valence-electron chi connectivity index (χ0n) is 17.1.